The first-order valence-corrected chi connectivity index (χ1v) is 15.6. The average molecular weight is 670 g/mol. The minimum atomic E-state index is -4.97. The molecule has 3 fully saturated rings. The molecule has 242 valence electrons. The van der Waals surface area contributed by atoms with Gasteiger partial charge in [0.15, 0.2) is 35.1 Å². The molecule has 24 heteroatoms. The molecule has 3 aliphatic heterocycles. The molecule has 0 aliphatic carbocycles. The maximum atomic E-state index is 13.8. The van der Waals surface area contributed by atoms with E-state index in [1.807, 2.05) is 0 Å². The molecule has 0 aromatic carbocycles. The number of phosphoric acid groups is 1. The summed E-state index contributed by atoms with van der Waals surface area (Å²) in [7, 11) is -10.1. The summed E-state index contributed by atoms with van der Waals surface area (Å²) in [5, 5.41) is 22.4. The first kappa shape index (κ1) is 30.5. The highest BCUT2D eigenvalue weighted by atomic mass is 31.2. The number of rotatable bonds is 2. The molecular formula is C21H27BN9O12P2-. The van der Waals surface area contributed by atoms with Crippen LogP contribution in [0.25, 0.3) is 22.3 Å². The Morgan fingerprint density at radius 2 is 1.62 bits per heavy atom. The van der Waals surface area contributed by atoms with Crippen molar-refractivity contribution in [3.05, 3.63) is 35.2 Å². The van der Waals surface area contributed by atoms with E-state index in [0.29, 0.717) is 0 Å². The molecule has 0 spiro atoms. The Morgan fingerprint density at radius 3 is 2.40 bits per heavy atom. The number of imidazole rings is 2. The van der Waals surface area contributed by atoms with Crippen LogP contribution in [0.3, 0.4) is 0 Å². The van der Waals surface area contributed by atoms with Crippen molar-refractivity contribution >= 4 is 51.0 Å². The molecule has 4 aromatic rings. The van der Waals surface area contributed by atoms with Crippen molar-refractivity contribution in [1.29, 1.82) is 0 Å². The smallest absolute Gasteiger partial charge is 0.387 e. The van der Waals surface area contributed by atoms with E-state index < -0.39 is 90.7 Å². The standard InChI is InChI=1S/C21H27BN9O12P2/c1-7-28-18-11(19(34)29-7)27-6-31(18)21-15-12(32)8(40-21)2-39-45(36,37)43-14-9(3-38-44(22,35)42-15)41-20(13(14)33)30-5-26-10-16(23)24-4-25-17(10)30/h4-6,8-9,12-15,20-21,32-33H,2-3H2,1,22H3,(H,36,37)(H2,23,24,25)(H,28,29,34)/q-1/t8-,9-,12+,13?,14+,15?,20-,21-,44?/m1/s1. The molecule has 7 rings (SSSR count). The van der Waals surface area contributed by atoms with E-state index in [1.165, 1.54) is 28.1 Å². The summed E-state index contributed by atoms with van der Waals surface area (Å²) in [6, 6.07) is 0. The second kappa shape index (κ2) is 11.0. The van der Waals surface area contributed by atoms with Crippen LogP contribution in [0.15, 0.2) is 23.8 Å². The van der Waals surface area contributed by atoms with Crippen LogP contribution in [0, 0.1) is 6.92 Å². The van der Waals surface area contributed by atoms with Gasteiger partial charge in [-0.15, -0.1) is 0 Å². The van der Waals surface area contributed by atoms with Gasteiger partial charge >= 0.3 is 7.82 Å². The lowest BCUT2D eigenvalue weighted by molar-refractivity contribution is -0.0621. The van der Waals surface area contributed by atoms with Crippen molar-refractivity contribution in [3.63, 3.8) is 0 Å². The van der Waals surface area contributed by atoms with Gasteiger partial charge in [-0.1, -0.05) is 0 Å². The number of nitrogen functional groups attached to an aromatic ring is 1. The molecule has 6 N–H and O–H groups in total. The summed E-state index contributed by atoms with van der Waals surface area (Å²) in [5.74, 6) is 0.359. The highest BCUT2D eigenvalue weighted by Crippen LogP contribution is 2.53. The van der Waals surface area contributed by atoms with Crippen molar-refractivity contribution < 1.29 is 51.8 Å². The predicted octanol–water partition coefficient (Wildman–Crippen LogP) is -2.24. The van der Waals surface area contributed by atoms with Crippen LogP contribution in [0.2, 0.25) is 0 Å². The Kier molecular flexibility index (Phi) is 7.45. The number of nitrogens with one attached hydrogen (secondary N) is 1. The van der Waals surface area contributed by atoms with E-state index in [2.05, 4.69) is 29.9 Å². The van der Waals surface area contributed by atoms with E-state index in [-0.39, 0.29) is 34.0 Å². The first-order valence-electron chi connectivity index (χ1n) is 13.0. The molecule has 7 heterocycles. The quantitative estimate of drug-likeness (QED) is 0.111. The van der Waals surface area contributed by atoms with Crippen LogP contribution in [0.1, 0.15) is 18.3 Å². The number of nitrogens with zero attached hydrogens (tertiary/aromatic N) is 7. The van der Waals surface area contributed by atoms with Crippen LogP contribution in [0.5, 0.6) is 0 Å². The summed E-state index contributed by atoms with van der Waals surface area (Å²) in [6.45, 7) is 0.365. The molecule has 45 heavy (non-hydrogen) atoms. The Hall–Kier alpha value is -3.14. The zero-order chi connectivity index (χ0) is 31.8. The van der Waals surface area contributed by atoms with Crippen molar-refractivity contribution in [2.45, 2.75) is 56.0 Å². The number of ether oxygens (including phenoxy) is 2. The number of aliphatic hydroxyl groups is 2. The molecule has 4 unspecified atom stereocenters. The maximum Gasteiger partial charge on any atom is 0.472 e. The van der Waals surface area contributed by atoms with Gasteiger partial charge in [-0.25, -0.2) is 29.5 Å². The number of hydrogen-bond donors (Lipinski definition) is 5. The monoisotopic (exact) mass is 670 g/mol. The molecule has 3 saturated heterocycles. The molecule has 3 aliphatic rings. The number of anilines is 1. The Labute approximate surface area is 252 Å². The van der Waals surface area contributed by atoms with E-state index in [1.54, 1.807) is 6.92 Å². The third kappa shape index (κ3) is 5.41. The lowest BCUT2D eigenvalue weighted by Gasteiger charge is -2.30. The molecular weight excluding hydrogens is 643 g/mol. The van der Waals surface area contributed by atoms with Gasteiger partial charge in [-0.05, 0) is 6.92 Å². The lowest BCUT2D eigenvalue weighted by Crippen LogP contribution is -2.36. The zero-order valence-corrected chi connectivity index (χ0v) is 24.2. The van der Waals surface area contributed by atoms with E-state index in [0.717, 1.165) is 0 Å². The summed E-state index contributed by atoms with van der Waals surface area (Å²) in [4.78, 5) is 46.2. The fraction of sp³-hybridized carbons (Fsp3) is 0.524. The second-order valence-electron chi connectivity index (χ2n) is 10.1. The summed E-state index contributed by atoms with van der Waals surface area (Å²) >= 11 is 0. The van der Waals surface area contributed by atoms with Crippen molar-refractivity contribution in [2.24, 2.45) is 0 Å². The molecule has 0 saturated carbocycles. The molecule has 4 aromatic heterocycles. The number of fused-ring (bicyclic) bond motifs is 5. The van der Waals surface area contributed by atoms with Crippen LogP contribution in [-0.4, -0.2) is 112 Å². The van der Waals surface area contributed by atoms with E-state index in [9.17, 15) is 29.0 Å². The fourth-order valence-electron chi connectivity index (χ4n) is 5.30. The zero-order valence-electron chi connectivity index (χ0n) is 22.4. The third-order valence-electron chi connectivity index (χ3n) is 7.32. The Morgan fingerprint density at radius 1 is 0.933 bits per heavy atom. The van der Waals surface area contributed by atoms with Crippen molar-refractivity contribution in [2.75, 3.05) is 18.9 Å². The van der Waals surface area contributed by atoms with Gasteiger partial charge in [-0.2, -0.15) is 0 Å². The molecule has 2 bridgehead atoms. The number of hydrogen-bond acceptors (Lipinski definition) is 17. The van der Waals surface area contributed by atoms with E-state index >= 15 is 0 Å². The van der Waals surface area contributed by atoms with Gasteiger partial charge in [0.2, 0.25) is 0 Å². The van der Waals surface area contributed by atoms with Crippen LogP contribution in [-0.2, 0) is 36.7 Å². The summed E-state index contributed by atoms with van der Waals surface area (Å²) < 4.78 is 63.7. The average Bonchev–Trinajstić information content (AvgIpc) is 3.72. The fourth-order valence-corrected chi connectivity index (χ4v) is 7.02. The number of aromatic amines is 1. The maximum absolute atomic E-state index is 13.8. The summed E-state index contributed by atoms with van der Waals surface area (Å²) in [5.41, 5.74) is 5.88. The van der Waals surface area contributed by atoms with Crippen LogP contribution in [0.4, 0.5) is 5.82 Å². The number of aromatic nitrogens is 8. The normalized spacial score (nSPS) is 37.7. The highest BCUT2D eigenvalue weighted by molar-refractivity contribution is 7.79. The van der Waals surface area contributed by atoms with Crippen LogP contribution < -0.4 is 11.3 Å². The van der Waals surface area contributed by atoms with Crippen molar-refractivity contribution in [1.82, 2.24) is 39.0 Å². The SMILES string of the molecule is [BH3-]P1(=O)OC[C@H]2O[C@@H](n3cnc4c(N)ncnc43)C(O)[C@H]2OP(=O)(O)OC[C@H]2O[C@@H](n3cnc4c(=O)[nH]c(C)nc43)C(O1)[C@H]2O. The largest absolute Gasteiger partial charge is 0.472 e. The predicted molar refractivity (Wildman–Crippen MR) is 151 cm³/mol. The van der Waals surface area contributed by atoms with Crippen LogP contribution >= 0.6 is 15.3 Å². The van der Waals surface area contributed by atoms with Gasteiger partial charge in [-0.3, -0.25) is 23.0 Å². The first-order chi connectivity index (χ1) is 21.3. The summed E-state index contributed by atoms with van der Waals surface area (Å²) in [6.07, 6.45) is -7.34. The van der Waals surface area contributed by atoms with Gasteiger partial charge in [0.1, 0.15) is 61.8 Å². The Balaban J connectivity index is 1.21. The lowest BCUT2D eigenvalue weighted by atomic mass is 10.1. The number of nitrogens with two attached hydrogens (primary N) is 1. The minimum absolute atomic E-state index is 0.0186. The number of phosphoric ester groups is 1. The third-order valence-corrected chi connectivity index (χ3v) is 9.08. The molecule has 0 amide bonds. The number of aliphatic hydroxyl groups excluding tert-OH is 2. The van der Waals surface area contributed by atoms with Gasteiger partial charge in [0.05, 0.1) is 33.4 Å². The Bertz CT molecular complexity index is 1940. The van der Waals surface area contributed by atoms with E-state index in [4.69, 9.17) is 33.3 Å². The number of aryl methyl sites for hydroxylation is 1. The number of H-pyrrole nitrogens is 1. The topological polar surface area (TPSA) is 283 Å². The highest BCUT2D eigenvalue weighted by Gasteiger charge is 2.52. The second-order valence-corrected chi connectivity index (χ2v) is 12.4. The minimum Gasteiger partial charge on any atom is -0.387 e. The van der Waals surface area contributed by atoms with Gasteiger partial charge in [0, 0.05) is 0 Å². The molecule has 21 nitrogen and oxygen atoms in total. The molecule has 10 atom stereocenters. The molecule has 0 radical (unpaired) electrons. The van der Waals surface area contributed by atoms with Crippen molar-refractivity contribution in [3.8, 4) is 0 Å². The van der Waals surface area contributed by atoms with Gasteiger partial charge < -0.3 is 48.9 Å². The van der Waals surface area contributed by atoms with Gasteiger partial charge in [0.25, 0.3) is 5.56 Å².